The SMILES string of the molecule is COc1ccc(NC(=O)[C@@H](OC(=O)c2ccccc2)[C@@H](OC(=O)c2ccccc2)C(=O)O)cc1. The second-order valence-electron chi connectivity index (χ2n) is 6.94. The molecule has 3 rings (SSSR count). The van der Waals surface area contributed by atoms with Crippen molar-refractivity contribution in [3.05, 3.63) is 96.1 Å². The van der Waals surface area contributed by atoms with E-state index in [9.17, 15) is 24.3 Å². The second kappa shape index (κ2) is 11.3. The molecule has 174 valence electrons. The predicted octanol–water partition coefficient (Wildman–Crippen LogP) is 3.17. The van der Waals surface area contributed by atoms with Crippen LogP contribution in [0.25, 0.3) is 0 Å². The van der Waals surface area contributed by atoms with Gasteiger partial charge in [-0.05, 0) is 48.5 Å². The number of carboxylic acids is 1. The Morgan fingerprint density at radius 2 is 1.18 bits per heavy atom. The monoisotopic (exact) mass is 463 g/mol. The molecule has 0 aliphatic rings. The van der Waals surface area contributed by atoms with Crippen molar-refractivity contribution in [2.45, 2.75) is 12.2 Å². The molecule has 1 amide bonds. The van der Waals surface area contributed by atoms with E-state index in [4.69, 9.17) is 14.2 Å². The maximum absolute atomic E-state index is 13.0. The number of carboxylic acid groups (broad SMARTS) is 1. The van der Waals surface area contributed by atoms with Gasteiger partial charge in [0.25, 0.3) is 5.91 Å². The third kappa shape index (κ3) is 6.19. The Bertz CT molecular complexity index is 1150. The summed E-state index contributed by atoms with van der Waals surface area (Å²) < 4.78 is 15.4. The van der Waals surface area contributed by atoms with Crippen LogP contribution in [0.1, 0.15) is 20.7 Å². The van der Waals surface area contributed by atoms with Crippen molar-refractivity contribution in [1.82, 2.24) is 0 Å². The van der Waals surface area contributed by atoms with E-state index < -0.39 is 36.0 Å². The minimum absolute atomic E-state index is 0.0671. The quantitative estimate of drug-likeness (QED) is 0.463. The molecule has 0 heterocycles. The summed E-state index contributed by atoms with van der Waals surface area (Å²) in [4.78, 5) is 50.2. The maximum Gasteiger partial charge on any atom is 0.349 e. The molecule has 2 atom stereocenters. The first-order valence-corrected chi connectivity index (χ1v) is 10.1. The molecule has 0 bridgehead atoms. The number of carbonyl (C=O) groups is 4. The van der Waals surface area contributed by atoms with Crippen molar-refractivity contribution in [3.63, 3.8) is 0 Å². The third-order valence-electron chi connectivity index (χ3n) is 4.62. The van der Waals surface area contributed by atoms with Crippen LogP contribution in [0, 0.1) is 0 Å². The van der Waals surface area contributed by atoms with Crippen LogP contribution in [0.4, 0.5) is 5.69 Å². The van der Waals surface area contributed by atoms with Crippen molar-refractivity contribution in [3.8, 4) is 5.75 Å². The van der Waals surface area contributed by atoms with Gasteiger partial charge in [-0.2, -0.15) is 0 Å². The lowest BCUT2D eigenvalue weighted by Gasteiger charge is -2.23. The predicted molar refractivity (Wildman–Crippen MR) is 121 cm³/mol. The normalized spacial score (nSPS) is 12.0. The highest BCUT2D eigenvalue weighted by Crippen LogP contribution is 2.18. The molecule has 0 aliphatic heterocycles. The summed E-state index contributed by atoms with van der Waals surface area (Å²) in [5.41, 5.74) is 0.436. The molecule has 9 nitrogen and oxygen atoms in total. The Labute approximate surface area is 194 Å². The molecule has 0 spiro atoms. The Kier molecular flexibility index (Phi) is 7.96. The average molecular weight is 463 g/mol. The van der Waals surface area contributed by atoms with Crippen molar-refractivity contribution in [2.75, 3.05) is 12.4 Å². The number of nitrogens with one attached hydrogen (secondary N) is 1. The molecule has 0 unspecified atom stereocenters. The van der Waals surface area contributed by atoms with Crippen LogP contribution in [0.5, 0.6) is 5.75 Å². The molecular weight excluding hydrogens is 442 g/mol. The summed E-state index contributed by atoms with van der Waals surface area (Å²) in [6.07, 6.45) is -4.10. The van der Waals surface area contributed by atoms with Crippen LogP contribution in [0.2, 0.25) is 0 Å². The fraction of sp³-hybridized carbons (Fsp3) is 0.120. The highest BCUT2D eigenvalue weighted by Gasteiger charge is 2.41. The molecule has 0 aliphatic carbocycles. The van der Waals surface area contributed by atoms with Gasteiger partial charge in [-0.15, -0.1) is 0 Å². The fourth-order valence-electron chi connectivity index (χ4n) is 2.90. The first-order chi connectivity index (χ1) is 16.4. The van der Waals surface area contributed by atoms with Gasteiger partial charge >= 0.3 is 17.9 Å². The molecule has 34 heavy (non-hydrogen) atoms. The number of esters is 2. The largest absolute Gasteiger partial charge is 0.497 e. The zero-order valence-electron chi connectivity index (χ0n) is 18.0. The van der Waals surface area contributed by atoms with Crippen molar-refractivity contribution < 1.29 is 38.5 Å². The van der Waals surface area contributed by atoms with Crippen LogP contribution in [-0.4, -0.2) is 48.2 Å². The van der Waals surface area contributed by atoms with Gasteiger partial charge < -0.3 is 24.6 Å². The van der Waals surface area contributed by atoms with Gasteiger partial charge in [0.2, 0.25) is 12.2 Å². The molecule has 3 aromatic carbocycles. The summed E-state index contributed by atoms with van der Waals surface area (Å²) >= 11 is 0. The lowest BCUT2D eigenvalue weighted by Crippen LogP contribution is -2.48. The summed E-state index contributed by atoms with van der Waals surface area (Å²) in [5, 5.41) is 12.2. The van der Waals surface area contributed by atoms with Gasteiger partial charge in [-0.1, -0.05) is 36.4 Å². The zero-order valence-corrected chi connectivity index (χ0v) is 18.0. The number of benzene rings is 3. The highest BCUT2D eigenvalue weighted by atomic mass is 16.6. The third-order valence-corrected chi connectivity index (χ3v) is 4.62. The summed E-state index contributed by atoms with van der Waals surface area (Å²) in [6.45, 7) is 0. The molecule has 3 aromatic rings. The number of aliphatic carboxylic acids is 1. The Morgan fingerprint density at radius 3 is 1.62 bits per heavy atom. The number of methoxy groups -OCH3 is 1. The molecule has 9 heteroatoms. The molecule has 0 fully saturated rings. The topological polar surface area (TPSA) is 128 Å². The van der Waals surface area contributed by atoms with E-state index in [1.54, 1.807) is 48.5 Å². The van der Waals surface area contributed by atoms with Crippen LogP contribution in [-0.2, 0) is 19.1 Å². The van der Waals surface area contributed by atoms with E-state index in [-0.39, 0.29) is 16.8 Å². The van der Waals surface area contributed by atoms with Crippen LogP contribution in [0.15, 0.2) is 84.9 Å². The van der Waals surface area contributed by atoms with Crippen LogP contribution in [0.3, 0.4) is 0 Å². The molecule has 0 saturated carbocycles. The van der Waals surface area contributed by atoms with Gasteiger partial charge in [-0.25, -0.2) is 14.4 Å². The van der Waals surface area contributed by atoms with Gasteiger partial charge in [0, 0.05) is 5.69 Å². The van der Waals surface area contributed by atoms with Gasteiger partial charge in [0.1, 0.15) is 5.75 Å². The lowest BCUT2D eigenvalue weighted by atomic mass is 10.1. The van der Waals surface area contributed by atoms with E-state index in [1.165, 1.54) is 43.5 Å². The van der Waals surface area contributed by atoms with Crippen LogP contribution < -0.4 is 10.1 Å². The maximum atomic E-state index is 13.0. The van der Waals surface area contributed by atoms with E-state index in [0.29, 0.717) is 5.75 Å². The van der Waals surface area contributed by atoms with Crippen molar-refractivity contribution >= 4 is 29.5 Å². The lowest BCUT2D eigenvalue weighted by molar-refractivity contribution is -0.157. The number of carbonyl (C=O) groups excluding carboxylic acids is 3. The van der Waals surface area contributed by atoms with Crippen molar-refractivity contribution in [2.24, 2.45) is 0 Å². The molecule has 2 N–H and O–H groups in total. The number of amides is 1. The summed E-state index contributed by atoms with van der Waals surface area (Å²) in [5.74, 6) is -4.09. The fourth-order valence-corrected chi connectivity index (χ4v) is 2.90. The molecular formula is C25H21NO8. The smallest absolute Gasteiger partial charge is 0.349 e. The highest BCUT2D eigenvalue weighted by molar-refractivity contribution is 6.01. The van der Waals surface area contributed by atoms with E-state index in [0.717, 1.165) is 0 Å². The van der Waals surface area contributed by atoms with Crippen LogP contribution >= 0.6 is 0 Å². The number of hydrogen-bond donors (Lipinski definition) is 2. The molecule has 0 aromatic heterocycles. The Balaban J connectivity index is 1.88. The standard InChI is InChI=1S/C25H21NO8/c1-32-19-14-12-18(13-15-19)26-22(27)20(33-24(30)16-8-4-2-5-9-16)21(23(28)29)34-25(31)17-10-6-3-7-11-17/h2-15,20-21H,1H3,(H,26,27)(H,28,29)/t20-,21+/m0/s1. The number of hydrogen-bond acceptors (Lipinski definition) is 7. The molecule has 0 saturated heterocycles. The minimum atomic E-state index is -2.11. The number of rotatable bonds is 9. The van der Waals surface area contributed by atoms with E-state index in [1.807, 2.05) is 0 Å². The first-order valence-electron chi connectivity index (χ1n) is 10.1. The average Bonchev–Trinajstić information content (AvgIpc) is 2.87. The van der Waals surface area contributed by atoms with Gasteiger partial charge in [0.15, 0.2) is 0 Å². The van der Waals surface area contributed by atoms with E-state index >= 15 is 0 Å². The van der Waals surface area contributed by atoms with Crippen molar-refractivity contribution in [1.29, 1.82) is 0 Å². The number of anilines is 1. The summed E-state index contributed by atoms with van der Waals surface area (Å²) in [6, 6.07) is 21.5. The second-order valence-corrected chi connectivity index (χ2v) is 6.94. The summed E-state index contributed by atoms with van der Waals surface area (Å²) in [7, 11) is 1.48. The van der Waals surface area contributed by atoms with Gasteiger partial charge in [-0.3, -0.25) is 4.79 Å². The molecule has 0 radical (unpaired) electrons. The minimum Gasteiger partial charge on any atom is -0.497 e. The Hall–Kier alpha value is -4.66. The zero-order chi connectivity index (χ0) is 24.5. The van der Waals surface area contributed by atoms with Gasteiger partial charge in [0.05, 0.1) is 18.2 Å². The first kappa shape index (κ1) is 24.0. The number of ether oxygens (including phenoxy) is 3. The Morgan fingerprint density at radius 1 is 0.706 bits per heavy atom. The van der Waals surface area contributed by atoms with E-state index in [2.05, 4.69) is 5.32 Å².